The highest BCUT2D eigenvalue weighted by molar-refractivity contribution is 6.09. The summed E-state index contributed by atoms with van der Waals surface area (Å²) in [6.07, 6.45) is 0. The smallest absolute Gasteiger partial charge is 0.0541 e. The molecular weight excluding hydrogens is 725 g/mol. The first kappa shape index (κ1) is 35.2. The standard InChI is InChI=1S/C58H40N2/c1-2-13-41(14-3-1)43-27-29-44(30-28-43)49-19-11-20-52(39-49)59(53-21-12-22-54(40-53)60-57-25-8-6-23-55(57)56-24-7-9-26-58(56)60)51-35-33-45(34-36-51)47-17-10-18-48(37-47)50-32-31-42-15-4-5-16-46(42)38-50/h1-40H. The van der Waals surface area contributed by atoms with Crippen LogP contribution in [0.25, 0.3) is 82.8 Å². The van der Waals surface area contributed by atoms with Crippen LogP contribution in [0.4, 0.5) is 17.1 Å². The molecule has 10 aromatic carbocycles. The molecule has 0 unspecified atom stereocenters. The second-order valence-electron chi connectivity index (χ2n) is 15.4. The van der Waals surface area contributed by atoms with Gasteiger partial charge in [0.15, 0.2) is 0 Å². The van der Waals surface area contributed by atoms with Crippen LogP contribution in [0.15, 0.2) is 243 Å². The Kier molecular flexibility index (Phi) is 8.87. The molecule has 0 N–H and O–H groups in total. The largest absolute Gasteiger partial charge is 0.310 e. The van der Waals surface area contributed by atoms with Crippen LogP contribution in [0, 0.1) is 0 Å². The van der Waals surface area contributed by atoms with Crippen molar-refractivity contribution in [3.05, 3.63) is 243 Å². The van der Waals surface area contributed by atoms with Crippen LogP contribution < -0.4 is 4.90 Å². The van der Waals surface area contributed by atoms with Crippen LogP contribution in [0.3, 0.4) is 0 Å². The molecule has 282 valence electrons. The number of hydrogen-bond donors (Lipinski definition) is 0. The molecule has 2 heteroatoms. The molecule has 0 atom stereocenters. The monoisotopic (exact) mass is 764 g/mol. The molecular formula is C58H40N2. The van der Waals surface area contributed by atoms with Crippen molar-refractivity contribution in [2.45, 2.75) is 0 Å². The third kappa shape index (κ3) is 6.51. The van der Waals surface area contributed by atoms with Crippen molar-refractivity contribution in [2.75, 3.05) is 4.90 Å². The topological polar surface area (TPSA) is 8.17 Å². The molecule has 0 fully saturated rings. The Hall–Kier alpha value is -7.94. The predicted molar refractivity (Wildman–Crippen MR) is 255 cm³/mol. The van der Waals surface area contributed by atoms with E-state index >= 15 is 0 Å². The lowest BCUT2D eigenvalue weighted by Crippen LogP contribution is -2.10. The molecule has 0 aliphatic carbocycles. The Morgan fingerprint density at radius 3 is 1.40 bits per heavy atom. The van der Waals surface area contributed by atoms with Crippen molar-refractivity contribution < 1.29 is 0 Å². The maximum atomic E-state index is 2.39. The fraction of sp³-hybridized carbons (Fsp3) is 0. The van der Waals surface area contributed by atoms with E-state index in [9.17, 15) is 0 Å². The zero-order chi connectivity index (χ0) is 39.8. The highest BCUT2D eigenvalue weighted by Gasteiger charge is 2.17. The van der Waals surface area contributed by atoms with Gasteiger partial charge in [-0.15, -0.1) is 0 Å². The van der Waals surface area contributed by atoms with Gasteiger partial charge in [-0.1, -0.05) is 176 Å². The number of fused-ring (bicyclic) bond motifs is 4. The molecule has 1 aromatic heterocycles. The Morgan fingerprint density at radius 2 is 0.700 bits per heavy atom. The normalized spacial score (nSPS) is 11.3. The van der Waals surface area contributed by atoms with Gasteiger partial charge in [-0.2, -0.15) is 0 Å². The van der Waals surface area contributed by atoms with Crippen LogP contribution >= 0.6 is 0 Å². The Morgan fingerprint density at radius 1 is 0.250 bits per heavy atom. The lowest BCUT2D eigenvalue weighted by molar-refractivity contribution is 1.17. The second-order valence-corrected chi connectivity index (χ2v) is 15.4. The maximum Gasteiger partial charge on any atom is 0.0541 e. The van der Waals surface area contributed by atoms with E-state index in [4.69, 9.17) is 0 Å². The Balaban J connectivity index is 1.00. The van der Waals surface area contributed by atoms with Crippen molar-refractivity contribution in [3.63, 3.8) is 0 Å². The van der Waals surface area contributed by atoms with E-state index in [0.29, 0.717) is 0 Å². The number of rotatable bonds is 8. The van der Waals surface area contributed by atoms with Crippen molar-refractivity contribution in [3.8, 4) is 50.2 Å². The van der Waals surface area contributed by atoms with Gasteiger partial charge < -0.3 is 9.47 Å². The molecule has 2 nitrogen and oxygen atoms in total. The van der Waals surface area contributed by atoms with Gasteiger partial charge in [-0.25, -0.2) is 0 Å². The molecule has 0 saturated heterocycles. The summed E-state index contributed by atoms with van der Waals surface area (Å²) in [6, 6.07) is 87.9. The number of aromatic nitrogens is 1. The van der Waals surface area contributed by atoms with Crippen LogP contribution in [0.1, 0.15) is 0 Å². The summed E-state index contributed by atoms with van der Waals surface area (Å²) >= 11 is 0. The highest BCUT2D eigenvalue weighted by atomic mass is 15.1. The molecule has 0 radical (unpaired) electrons. The van der Waals surface area contributed by atoms with Crippen LogP contribution in [0.2, 0.25) is 0 Å². The average molecular weight is 765 g/mol. The Labute approximate surface area is 350 Å². The summed E-state index contributed by atoms with van der Waals surface area (Å²) in [7, 11) is 0. The van der Waals surface area contributed by atoms with Gasteiger partial charge in [-0.05, 0) is 122 Å². The van der Waals surface area contributed by atoms with E-state index in [1.165, 1.54) is 71.5 Å². The molecule has 0 amide bonds. The van der Waals surface area contributed by atoms with Crippen LogP contribution in [-0.4, -0.2) is 4.57 Å². The molecule has 1 heterocycles. The quantitative estimate of drug-likeness (QED) is 0.150. The predicted octanol–water partition coefficient (Wildman–Crippen LogP) is 16.1. The van der Waals surface area contributed by atoms with E-state index in [1.807, 2.05) is 0 Å². The minimum atomic E-state index is 1.08. The van der Waals surface area contributed by atoms with Gasteiger partial charge in [0.1, 0.15) is 0 Å². The van der Waals surface area contributed by atoms with E-state index in [0.717, 1.165) is 28.3 Å². The van der Waals surface area contributed by atoms with Gasteiger partial charge in [0.25, 0.3) is 0 Å². The average Bonchev–Trinajstić information content (AvgIpc) is 3.67. The summed E-state index contributed by atoms with van der Waals surface area (Å²) in [6.45, 7) is 0. The van der Waals surface area contributed by atoms with Gasteiger partial charge in [0.05, 0.1) is 11.0 Å². The van der Waals surface area contributed by atoms with Crippen LogP contribution in [-0.2, 0) is 0 Å². The van der Waals surface area contributed by atoms with Gasteiger partial charge in [0.2, 0.25) is 0 Å². The fourth-order valence-corrected chi connectivity index (χ4v) is 8.78. The van der Waals surface area contributed by atoms with E-state index in [-0.39, 0.29) is 0 Å². The summed E-state index contributed by atoms with van der Waals surface area (Å²) in [5.74, 6) is 0. The van der Waals surface area contributed by atoms with Gasteiger partial charge >= 0.3 is 0 Å². The molecule has 0 spiro atoms. The molecule has 0 aliphatic heterocycles. The number of nitrogens with zero attached hydrogens (tertiary/aromatic N) is 2. The lowest BCUT2D eigenvalue weighted by atomic mass is 9.97. The van der Waals surface area contributed by atoms with E-state index in [1.54, 1.807) is 0 Å². The third-order valence-corrected chi connectivity index (χ3v) is 11.8. The SMILES string of the molecule is c1ccc(-c2ccc(-c3cccc(N(c4ccc(-c5cccc(-c6ccc7ccccc7c6)c5)cc4)c4cccc(-n5c6ccccc6c6ccccc65)c4)c3)cc2)cc1. The maximum absolute atomic E-state index is 2.39. The van der Waals surface area contributed by atoms with E-state index < -0.39 is 0 Å². The number of hydrogen-bond acceptors (Lipinski definition) is 1. The van der Waals surface area contributed by atoms with Crippen molar-refractivity contribution in [1.29, 1.82) is 0 Å². The first-order chi connectivity index (χ1) is 29.7. The summed E-state index contributed by atoms with van der Waals surface area (Å²) < 4.78 is 2.39. The van der Waals surface area contributed by atoms with E-state index in [2.05, 4.69) is 252 Å². The summed E-state index contributed by atoms with van der Waals surface area (Å²) in [5, 5.41) is 5.01. The minimum Gasteiger partial charge on any atom is -0.310 e. The zero-order valence-corrected chi connectivity index (χ0v) is 33.0. The Bertz CT molecular complexity index is 3250. The van der Waals surface area contributed by atoms with Crippen molar-refractivity contribution in [2.24, 2.45) is 0 Å². The van der Waals surface area contributed by atoms with Crippen molar-refractivity contribution >= 4 is 49.6 Å². The number of benzene rings is 10. The highest BCUT2D eigenvalue weighted by Crippen LogP contribution is 2.40. The summed E-state index contributed by atoms with van der Waals surface area (Å²) in [4.78, 5) is 2.38. The van der Waals surface area contributed by atoms with Gasteiger partial charge in [0, 0.05) is 33.5 Å². The summed E-state index contributed by atoms with van der Waals surface area (Å²) in [5.41, 5.74) is 16.3. The molecule has 11 aromatic rings. The number of anilines is 3. The third-order valence-electron chi connectivity index (χ3n) is 11.8. The van der Waals surface area contributed by atoms with Crippen LogP contribution in [0.5, 0.6) is 0 Å². The first-order valence-corrected chi connectivity index (χ1v) is 20.6. The molecule has 60 heavy (non-hydrogen) atoms. The first-order valence-electron chi connectivity index (χ1n) is 20.6. The fourth-order valence-electron chi connectivity index (χ4n) is 8.78. The molecule has 0 bridgehead atoms. The zero-order valence-electron chi connectivity index (χ0n) is 33.0. The lowest BCUT2D eigenvalue weighted by Gasteiger charge is -2.27. The number of para-hydroxylation sites is 2. The molecule has 0 aliphatic rings. The molecule has 0 saturated carbocycles. The van der Waals surface area contributed by atoms with Crippen molar-refractivity contribution in [1.82, 2.24) is 4.57 Å². The minimum absolute atomic E-state index is 1.08. The second kappa shape index (κ2) is 15.1. The van der Waals surface area contributed by atoms with Gasteiger partial charge in [-0.3, -0.25) is 0 Å². The molecule has 11 rings (SSSR count).